The van der Waals surface area contributed by atoms with Crippen LogP contribution in [0.15, 0.2) is 0 Å². The number of likely N-dealkylation sites (tertiary alicyclic amines) is 1. The molecule has 0 bridgehead atoms. The van der Waals surface area contributed by atoms with E-state index in [2.05, 4.69) is 11.9 Å². The molecule has 1 saturated heterocycles. The normalized spacial score (nSPS) is 28.9. The molecule has 1 heterocycles. The van der Waals surface area contributed by atoms with Crippen molar-refractivity contribution < 1.29 is 0 Å². The fourth-order valence-corrected chi connectivity index (χ4v) is 1.46. The van der Waals surface area contributed by atoms with Gasteiger partial charge in [-0.15, -0.1) is 0 Å². The van der Waals surface area contributed by atoms with E-state index in [1.807, 2.05) is 6.92 Å². The van der Waals surface area contributed by atoms with Gasteiger partial charge < -0.3 is 5.41 Å². The van der Waals surface area contributed by atoms with Crippen molar-refractivity contribution >= 4 is 5.71 Å². The summed E-state index contributed by atoms with van der Waals surface area (Å²) in [7, 11) is 2.09. The molecule has 1 aliphatic heterocycles. The molecule has 0 saturated carbocycles. The summed E-state index contributed by atoms with van der Waals surface area (Å²) in [5.41, 5.74) is 0.815. The molecular weight excluding hydrogens is 112 g/mol. The number of hydrogen-bond donors (Lipinski definition) is 1. The van der Waals surface area contributed by atoms with Crippen LogP contribution in [0.5, 0.6) is 0 Å². The first-order chi connectivity index (χ1) is 4.22. The molecule has 0 aromatic heterocycles. The van der Waals surface area contributed by atoms with Gasteiger partial charge in [0.1, 0.15) is 0 Å². The highest BCUT2D eigenvalue weighted by molar-refractivity contribution is 5.84. The number of nitrogens with zero attached hydrogens (tertiary/aromatic N) is 1. The van der Waals surface area contributed by atoms with Crippen LogP contribution in [0.1, 0.15) is 19.8 Å². The Morgan fingerprint density at radius 2 is 2.33 bits per heavy atom. The van der Waals surface area contributed by atoms with Gasteiger partial charge in [-0.3, -0.25) is 4.90 Å². The van der Waals surface area contributed by atoms with Gasteiger partial charge in [0.25, 0.3) is 0 Å². The fraction of sp³-hybridized carbons (Fsp3) is 0.857. The van der Waals surface area contributed by atoms with E-state index in [-0.39, 0.29) is 0 Å². The standard InChI is InChI=1S/C7H14N2/c1-6(8)7-4-3-5-9(7)2/h7-8H,3-5H2,1-2H3. The van der Waals surface area contributed by atoms with Gasteiger partial charge in [-0.1, -0.05) is 0 Å². The first kappa shape index (κ1) is 6.75. The van der Waals surface area contributed by atoms with E-state index in [1.165, 1.54) is 19.4 Å². The Morgan fingerprint density at radius 1 is 1.67 bits per heavy atom. The van der Waals surface area contributed by atoms with Crippen molar-refractivity contribution in [1.82, 2.24) is 4.90 Å². The molecule has 52 valence electrons. The molecule has 0 radical (unpaired) electrons. The Balaban J connectivity index is 2.49. The van der Waals surface area contributed by atoms with Crippen LogP contribution < -0.4 is 0 Å². The Kier molecular flexibility index (Phi) is 1.86. The zero-order valence-electron chi connectivity index (χ0n) is 6.15. The van der Waals surface area contributed by atoms with E-state index in [0.29, 0.717) is 6.04 Å². The van der Waals surface area contributed by atoms with Gasteiger partial charge in [-0.25, -0.2) is 0 Å². The second-order valence-electron chi connectivity index (χ2n) is 2.82. The first-order valence-electron chi connectivity index (χ1n) is 3.47. The summed E-state index contributed by atoms with van der Waals surface area (Å²) in [6.45, 7) is 3.06. The minimum Gasteiger partial charge on any atom is -0.308 e. The third-order valence-corrected chi connectivity index (χ3v) is 2.02. The molecule has 1 N–H and O–H groups in total. The van der Waals surface area contributed by atoms with Gasteiger partial charge in [0, 0.05) is 11.8 Å². The predicted octanol–water partition coefficient (Wildman–Crippen LogP) is 1.12. The van der Waals surface area contributed by atoms with Crippen LogP contribution in [0.4, 0.5) is 0 Å². The van der Waals surface area contributed by atoms with Crippen molar-refractivity contribution in [3.05, 3.63) is 0 Å². The topological polar surface area (TPSA) is 27.1 Å². The molecule has 0 spiro atoms. The van der Waals surface area contributed by atoms with E-state index in [1.54, 1.807) is 0 Å². The molecule has 0 aliphatic carbocycles. The van der Waals surface area contributed by atoms with Crippen LogP contribution in [-0.4, -0.2) is 30.2 Å². The van der Waals surface area contributed by atoms with E-state index in [4.69, 9.17) is 5.41 Å². The molecule has 2 nitrogen and oxygen atoms in total. The monoisotopic (exact) mass is 126 g/mol. The van der Waals surface area contributed by atoms with Crippen LogP contribution >= 0.6 is 0 Å². The van der Waals surface area contributed by atoms with E-state index in [0.717, 1.165) is 5.71 Å². The summed E-state index contributed by atoms with van der Waals surface area (Å²) in [6.07, 6.45) is 2.45. The van der Waals surface area contributed by atoms with Crippen LogP contribution in [0, 0.1) is 5.41 Å². The molecule has 1 rings (SSSR count). The Morgan fingerprint density at radius 3 is 2.56 bits per heavy atom. The van der Waals surface area contributed by atoms with Crippen LogP contribution in [0.25, 0.3) is 0 Å². The lowest BCUT2D eigenvalue weighted by atomic mass is 10.1. The zero-order chi connectivity index (χ0) is 6.85. The number of hydrogen-bond acceptors (Lipinski definition) is 2. The van der Waals surface area contributed by atoms with Crippen molar-refractivity contribution in [3.8, 4) is 0 Å². The number of nitrogens with one attached hydrogen (secondary N) is 1. The maximum Gasteiger partial charge on any atom is 0.0468 e. The highest BCUT2D eigenvalue weighted by Gasteiger charge is 2.21. The molecule has 1 fully saturated rings. The van der Waals surface area contributed by atoms with Crippen molar-refractivity contribution in [2.45, 2.75) is 25.8 Å². The average Bonchev–Trinajstić information content (AvgIpc) is 2.13. The van der Waals surface area contributed by atoms with E-state index in [9.17, 15) is 0 Å². The van der Waals surface area contributed by atoms with Crippen molar-refractivity contribution in [3.63, 3.8) is 0 Å². The second kappa shape index (κ2) is 2.48. The summed E-state index contributed by atoms with van der Waals surface area (Å²) in [4.78, 5) is 2.25. The zero-order valence-corrected chi connectivity index (χ0v) is 6.15. The molecule has 9 heavy (non-hydrogen) atoms. The van der Waals surface area contributed by atoms with Gasteiger partial charge in [0.05, 0.1) is 0 Å². The average molecular weight is 126 g/mol. The Bertz CT molecular complexity index is 120. The van der Waals surface area contributed by atoms with Gasteiger partial charge in [-0.2, -0.15) is 0 Å². The summed E-state index contributed by atoms with van der Waals surface area (Å²) < 4.78 is 0. The molecular formula is C7H14N2. The maximum atomic E-state index is 7.38. The Hall–Kier alpha value is -0.370. The summed E-state index contributed by atoms with van der Waals surface area (Å²) in [5.74, 6) is 0. The van der Waals surface area contributed by atoms with Crippen molar-refractivity contribution in [1.29, 1.82) is 5.41 Å². The molecule has 2 heteroatoms. The van der Waals surface area contributed by atoms with Crippen LogP contribution in [0.2, 0.25) is 0 Å². The first-order valence-corrected chi connectivity index (χ1v) is 3.47. The summed E-state index contributed by atoms with van der Waals surface area (Å²) in [5, 5.41) is 7.38. The van der Waals surface area contributed by atoms with Gasteiger partial charge in [0.2, 0.25) is 0 Å². The highest BCUT2D eigenvalue weighted by Crippen LogP contribution is 2.14. The van der Waals surface area contributed by atoms with Gasteiger partial charge in [-0.05, 0) is 33.4 Å². The highest BCUT2D eigenvalue weighted by atomic mass is 15.1. The van der Waals surface area contributed by atoms with Gasteiger partial charge >= 0.3 is 0 Å². The fourth-order valence-electron chi connectivity index (χ4n) is 1.46. The summed E-state index contributed by atoms with van der Waals surface area (Å²) in [6, 6.07) is 0.449. The molecule has 0 aromatic carbocycles. The van der Waals surface area contributed by atoms with Crippen LogP contribution in [0.3, 0.4) is 0 Å². The van der Waals surface area contributed by atoms with E-state index >= 15 is 0 Å². The lowest BCUT2D eigenvalue weighted by Crippen LogP contribution is -2.30. The molecule has 0 amide bonds. The van der Waals surface area contributed by atoms with Crippen molar-refractivity contribution in [2.24, 2.45) is 0 Å². The minimum atomic E-state index is 0.449. The Labute approximate surface area is 56.4 Å². The molecule has 1 aliphatic rings. The molecule has 0 aromatic rings. The third kappa shape index (κ3) is 1.30. The summed E-state index contributed by atoms with van der Waals surface area (Å²) >= 11 is 0. The quantitative estimate of drug-likeness (QED) is 0.524. The lowest BCUT2D eigenvalue weighted by molar-refractivity contribution is 0.371. The molecule has 1 unspecified atom stereocenters. The molecule has 1 atom stereocenters. The maximum absolute atomic E-state index is 7.38. The van der Waals surface area contributed by atoms with Crippen molar-refractivity contribution in [2.75, 3.05) is 13.6 Å². The number of rotatable bonds is 1. The van der Waals surface area contributed by atoms with Crippen LogP contribution in [-0.2, 0) is 0 Å². The third-order valence-electron chi connectivity index (χ3n) is 2.02. The smallest absolute Gasteiger partial charge is 0.0468 e. The second-order valence-corrected chi connectivity index (χ2v) is 2.82. The lowest BCUT2D eigenvalue weighted by Gasteiger charge is -2.17. The minimum absolute atomic E-state index is 0.449. The van der Waals surface area contributed by atoms with Gasteiger partial charge in [0.15, 0.2) is 0 Å². The largest absolute Gasteiger partial charge is 0.308 e. The SMILES string of the molecule is CC(=N)C1CCCN1C. The van der Waals surface area contributed by atoms with E-state index < -0.39 is 0 Å². The predicted molar refractivity (Wildman–Crippen MR) is 39.1 cm³/mol.